The van der Waals surface area contributed by atoms with E-state index in [2.05, 4.69) is 9.89 Å². The van der Waals surface area contributed by atoms with Gasteiger partial charge in [-0.1, -0.05) is 30.8 Å². The van der Waals surface area contributed by atoms with Crippen LogP contribution >= 0.6 is 0 Å². The molecule has 0 radical (unpaired) electrons. The smallest absolute Gasteiger partial charge is 0.305 e. The number of aromatic nitrogens is 1. The number of hydrogen-bond donors (Lipinski definition) is 0. The molecule has 1 heterocycles. The Kier molecular flexibility index (Phi) is 7.11. The van der Waals surface area contributed by atoms with E-state index in [1.54, 1.807) is 6.26 Å². The molecule has 0 N–H and O–H groups in total. The van der Waals surface area contributed by atoms with Crippen molar-refractivity contribution in [3.8, 4) is 0 Å². The lowest BCUT2D eigenvalue weighted by Gasteiger charge is -2.00. The number of methoxy groups -OCH3 is 1. The fourth-order valence-corrected chi connectivity index (χ4v) is 1.75. The third kappa shape index (κ3) is 6.76. The lowest BCUT2D eigenvalue weighted by Crippen LogP contribution is -1.99. The molecule has 0 aliphatic carbocycles. The number of hydrogen-bond acceptors (Lipinski definition) is 4. The van der Waals surface area contributed by atoms with E-state index >= 15 is 0 Å². The number of carbonyl (C=O) groups excluding carboxylic acids is 1. The van der Waals surface area contributed by atoms with Gasteiger partial charge in [0.05, 0.1) is 12.8 Å². The van der Waals surface area contributed by atoms with Crippen LogP contribution in [0.5, 0.6) is 0 Å². The SMILES string of the molecule is COC(=O)CCCCCCCCc1ccon1. The Hall–Kier alpha value is -1.32. The highest BCUT2D eigenvalue weighted by molar-refractivity contribution is 5.68. The normalized spacial score (nSPS) is 10.4. The zero-order valence-electron chi connectivity index (χ0n) is 10.5. The molecule has 0 aliphatic heterocycles. The molecule has 0 saturated heterocycles. The zero-order chi connectivity index (χ0) is 12.3. The highest BCUT2D eigenvalue weighted by Gasteiger charge is 1.99. The fourth-order valence-electron chi connectivity index (χ4n) is 1.75. The Bertz CT molecular complexity index is 296. The first-order chi connectivity index (χ1) is 8.33. The Morgan fingerprint density at radius 3 is 2.59 bits per heavy atom. The molecule has 96 valence electrons. The lowest BCUT2D eigenvalue weighted by atomic mass is 10.1. The molecular weight excluding hydrogens is 218 g/mol. The number of rotatable bonds is 9. The molecule has 0 spiro atoms. The number of unbranched alkanes of at least 4 members (excludes halogenated alkanes) is 5. The highest BCUT2D eigenvalue weighted by Crippen LogP contribution is 2.09. The minimum Gasteiger partial charge on any atom is -0.469 e. The molecule has 0 saturated carbocycles. The summed E-state index contributed by atoms with van der Waals surface area (Å²) in [6, 6.07) is 1.91. The van der Waals surface area contributed by atoms with Crippen LogP contribution in [0.25, 0.3) is 0 Å². The molecule has 1 aromatic heterocycles. The molecule has 1 aromatic rings. The van der Waals surface area contributed by atoms with Gasteiger partial charge in [0.1, 0.15) is 6.26 Å². The summed E-state index contributed by atoms with van der Waals surface area (Å²) >= 11 is 0. The standard InChI is InChI=1S/C13H21NO3/c1-16-13(15)9-7-5-3-2-4-6-8-12-10-11-17-14-12/h10-11H,2-9H2,1H3. The summed E-state index contributed by atoms with van der Waals surface area (Å²) < 4.78 is 9.35. The molecule has 0 aromatic carbocycles. The van der Waals surface area contributed by atoms with Crippen LogP contribution in [0.4, 0.5) is 0 Å². The van der Waals surface area contributed by atoms with Gasteiger partial charge < -0.3 is 9.26 Å². The predicted molar refractivity (Wildman–Crippen MR) is 64.5 cm³/mol. The van der Waals surface area contributed by atoms with Gasteiger partial charge in [-0.2, -0.15) is 0 Å². The van der Waals surface area contributed by atoms with Crippen molar-refractivity contribution in [2.24, 2.45) is 0 Å². The van der Waals surface area contributed by atoms with Crippen molar-refractivity contribution in [2.45, 2.75) is 51.4 Å². The van der Waals surface area contributed by atoms with Crippen LogP contribution in [-0.4, -0.2) is 18.2 Å². The van der Waals surface area contributed by atoms with Crippen LogP contribution in [0.15, 0.2) is 16.9 Å². The molecule has 1 rings (SSSR count). The molecule has 4 nitrogen and oxygen atoms in total. The van der Waals surface area contributed by atoms with Crippen LogP contribution < -0.4 is 0 Å². The van der Waals surface area contributed by atoms with Crippen molar-refractivity contribution in [1.29, 1.82) is 0 Å². The zero-order valence-corrected chi connectivity index (χ0v) is 10.5. The quantitative estimate of drug-likeness (QED) is 0.490. The minimum atomic E-state index is -0.101. The van der Waals surface area contributed by atoms with E-state index in [-0.39, 0.29) is 5.97 Å². The first kappa shape index (κ1) is 13.7. The summed E-state index contributed by atoms with van der Waals surface area (Å²) in [5, 5.41) is 3.87. The van der Waals surface area contributed by atoms with E-state index in [0.29, 0.717) is 6.42 Å². The Morgan fingerprint density at radius 2 is 1.94 bits per heavy atom. The lowest BCUT2D eigenvalue weighted by molar-refractivity contribution is -0.140. The number of carbonyl (C=O) groups is 1. The maximum absolute atomic E-state index is 10.8. The van der Waals surface area contributed by atoms with E-state index in [0.717, 1.165) is 31.4 Å². The monoisotopic (exact) mass is 239 g/mol. The maximum atomic E-state index is 10.8. The van der Waals surface area contributed by atoms with Crippen molar-refractivity contribution in [3.05, 3.63) is 18.0 Å². The average Bonchev–Trinajstić information content (AvgIpc) is 2.85. The molecule has 4 heteroatoms. The number of nitrogens with zero attached hydrogens (tertiary/aromatic N) is 1. The van der Waals surface area contributed by atoms with Gasteiger partial charge in [0.25, 0.3) is 0 Å². The summed E-state index contributed by atoms with van der Waals surface area (Å²) in [7, 11) is 1.44. The van der Waals surface area contributed by atoms with Crippen LogP contribution in [-0.2, 0) is 16.0 Å². The molecule has 0 fully saturated rings. The maximum Gasteiger partial charge on any atom is 0.305 e. The first-order valence-electron chi connectivity index (χ1n) is 6.29. The van der Waals surface area contributed by atoms with Gasteiger partial charge >= 0.3 is 5.97 Å². The minimum absolute atomic E-state index is 0.101. The Balaban J connectivity index is 1.83. The molecule has 0 unspecified atom stereocenters. The van der Waals surface area contributed by atoms with Crippen molar-refractivity contribution < 1.29 is 14.1 Å². The van der Waals surface area contributed by atoms with E-state index in [4.69, 9.17) is 4.52 Å². The van der Waals surface area contributed by atoms with Crippen LogP contribution in [0.3, 0.4) is 0 Å². The van der Waals surface area contributed by atoms with Crippen molar-refractivity contribution >= 4 is 5.97 Å². The van der Waals surface area contributed by atoms with Gasteiger partial charge in [-0.3, -0.25) is 4.79 Å². The van der Waals surface area contributed by atoms with E-state index in [9.17, 15) is 4.79 Å². The first-order valence-corrected chi connectivity index (χ1v) is 6.29. The molecule has 0 atom stereocenters. The van der Waals surface area contributed by atoms with Gasteiger partial charge in [-0.15, -0.1) is 0 Å². The topological polar surface area (TPSA) is 52.3 Å². The van der Waals surface area contributed by atoms with Gasteiger partial charge in [-0.25, -0.2) is 0 Å². The highest BCUT2D eigenvalue weighted by atomic mass is 16.5. The van der Waals surface area contributed by atoms with Gasteiger partial charge in [0, 0.05) is 12.5 Å². The third-order valence-electron chi connectivity index (χ3n) is 2.78. The van der Waals surface area contributed by atoms with Gasteiger partial charge in [-0.05, 0) is 19.3 Å². The predicted octanol–water partition coefficient (Wildman–Crippen LogP) is 3.12. The van der Waals surface area contributed by atoms with Gasteiger partial charge in [0.15, 0.2) is 0 Å². The third-order valence-corrected chi connectivity index (χ3v) is 2.78. The average molecular weight is 239 g/mol. The summed E-state index contributed by atoms with van der Waals surface area (Å²) in [6.45, 7) is 0. The molecule has 17 heavy (non-hydrogen) atoms. The van der Waals surface area contributed by atoms with Crippen LogP contribution in [0.2, 0.25) is 0 Å². The van der Waals surface area contributed by atoms with E-state index in [1.807, 2.05) is 6.07 Å². The van der Waals surface area contributed by atoms with Crippen LogP contribution in [0.1, 0.15) is 50.6 Å². The van der Waals surface area contributed by atoms with Crippen molar-refractivity contribution in [3.63, 3.8) is 0 Å². The Labute approximate surface area is 102 Å². The largest absolute Gasteiger partial charge is 0.469 e. The van der Waals surface area contributed by atoms with Crippen molar-refractivity contribution in [2.75, 3.05) is 7.11 Å². The molecular formula is C13H21NO3. The summed E-state index contributed by atoms with van der Waals surface area (Å²) in [4.78, 5) is 10.8. The Morgan fingerprint density at radius 1 is 1.24 bits per heavy atom. The number of aryl methyl sites for hydroxylation is 1. The number of ether oxygens (including phenoxy) is 1. The summed E-state index contributed by atoms with van der Waals surface area (Å²) in [5.74, 6) is -0.101. The van der Waals surface area contributed by atoms with E-state index in [1.165, 1.54) is 26.4 Å². The second-order valence-electron chi connectivity index (χ2n) is 4.19. The van der Waals surface area contributed by atoms with Gasteiger partial charge in [0.2, 0.25) is 0 Å². The summed E-state index contributed by atoms with van der Waals surface area (Å²) in [6.07, 6.45) is 9.99. The summed E-state index contributed by atoms with van der Waals surface area (Å²) in [5.41, 5.74) is 1.04. The molecule has 0 amide bonds. The second-order valence-corrected chi connectivity index (χ2v) is 4.19. The van der Waals surface area contributed by atoms with Crippen LogP contribution in [0, 0.1) is 0 Å². The number of esters is 1. The molecule has 0 aliphatic rings. The van der Waals surface area contributed by atoms with Crippen molar-refractivity contribution in [1.82, 2.24) is 5.16 Å². The fraction of sp³-hybridized carbons (Fsp3) is 0.692. The second kappa shape index (κ2) is 8.79. The molecule has 0 bridgehead atoms. The van der Waals surface area contributed by atoms with E-state index < -0.39 is 0 Å².